The van der Waals surface area contributed by atoms with Gasteiger partial charge in [0.15, 0.2) is 11.8 Å². The Morgan fingerprint density at radius 2 is 1.62 bits per heavy atom. The number of aryl methyl sites for hydroxylation is 1. The summed E-state index contributed by atoms with van der Waals surface area (Å²) in [5.41, 5.74) is 2.94. The highest BCUT2D eigenvalue weighted by Crippen LogP contribution is 2.49. The second kappa shape index (κ2) is 7.81. The van der Waals surface area contributed by atoms with Crippen molar-refractivity contribution in [3.63, 3.8) is 0 Å². The fraction of sp³-hybridized carbons (Fsp3) is 0.167. The molecular formula is C24H21Cl2N3O3. The molecule has 0 amide bonds. The number of aromatic amines is 1. The molecule has 0 atom stereocenters. The number of halogens is 2. The van der Waals surface area contributed by atoms with Crippen LogP contribution in [0, 0.1) is 0 Å². The van der Waals surface area contributed by atoms with E-state index in [2.05, 4.69) is 14.9 Å². The number of hydrogen-bond donors (Lipinski definition) is 5. The van der Waals surface area contributed by atoms with Gasteiger partial charge < -0.3 is 25.2 Å². The van der Waals surface area contributed by atoms with Crippen molar-refractivity contribution in [2.75, 3.05) is 13.6 Å². The monoisotopic (exact) mass is 469 g/mol. The van der Waals surface area contributed by atoms with Crippen LogP contribution in [0.25, 0.3) is 43.7 Å². The molecule has 0 aliphatic rings. The molecule has 3 aromatic carbocycles. The van der Waals surface area contributed by atoms with Gasteiger partial charge >= 0.3 is 0 Å². The maximum absolute atomic E-state index is 10.8. The quantitative estimate of drug-likeness (QED) is 0.205. The fourth-order valence-corrected chi connectivity index (χ4v) is 5.17. The SMILES string of the molecule is CNCCCn1c2ccc(O)cc2c2c3c(O)[nH]c(O)c3c(-c3c(Cl)cccc3Cl)cc21. The molecule has 6 nitrogen and oxygen atoms in total. The van der Waals surface area contributed by atoms with Crippen molar-refractivity contribution < 1.29 is 15.3 Å². The Morgan fingerprint density at radius 1 is 0.906 bits per heavy atom. The third kappa shape index (κ3) is 3.06. The number of fused-ring (bicyclic) bond motifs is 5. The minimum absolute atomic E-state index is 0.123. The van der Waals surface area contributed by atoms with E-state index in [9.17, 15) is 15.3 Å². The Morgan fingerprint density at radius 3 is 2.34 bits per heavy atom. The van der Waals surface area contributed by atoms with Gasteiger partial charge in [0.1, 0.15) is 5.75 Å². The first-order valence-corrected chi connectivity index (χ1v) is 11.0. The topological polar surface area (TPSA) is 93.4 Å². The van der Waals surface area contributed by atoms with Crippen molar-refractivity contribution in [3.05, 3.63) is 52.5 Å². The smallest absolute Gasteiger partial charge is 0.200 e. The molecule has 32 heavy (non-hydrogen) atoms. The lowest BCUT2D eigenvalue weighted by Crippen LogP contribution is -2.10. The van der Waals surface area contributed by atoms with E-state index in [1.807, 2.05) is 19.2 Å². The van der Waals surface area contributed by atoms with E-state index in [1.165, 1.54) is 0 Å². The molecule has 0 saturated carbocycles. The standard InChI is InChI=1S/C24H21Cl2N3O3/c1-27-8-3-9-29-17-7-6-12(30)10-13(17)20-18(29)11-14(19-15(25)4-2-5-16(19)26)21-22(20)24(32)28-23(21)31/h2,4-7,10-11,27-28,30-32H,3,8-9H2,1H3. The highest BCUT2D eigenvalue weighted by molar-refractivity contribution is 6.40. The predicted octanol–water partition coefficient (Wildman–Crippen LogP) is 5.98. The van der Waals surface area contributed by atoms with Gasteiger partial charge in [-0.05, 0) is 56.4 Å². The van der Waals surface area contributed by atoms with E-state index in [1.54, 1.807) is 30.3 Å². The summed E-state index contributed by atoms with van der Waals surface area (Å²) in [6.07, 6.45) is 0.876. The summed E-state index contributed by atoms with van der Waals surface area (Å²) in [7, 11) is 1.91. The van der Waals surface area contributed by atoms with E-state index >= 15 is 0 Å². The zero-order chi connectivity index (χ0) is 22.6. The Bertz CT molecular complexity index is 1480. The number of nitrogens with zero attached hydrogens (tertiary/aromatic N) is 1. The summed E-state index contributed by atoms with van der Waals surface area (Å²) in [5.74, 6) is -0.218. The van der Waals surface area contributed by atoms with Crippen molar-refractivity contribution in [2.45, 2.75) is 13.0 Å². The molecule has 8 heteroatoms. The second-order valence-electron chi connectivity index (χ2n) is 7.80. The van der Waals surface area contributed by atoms with Crippen LogP contribution in [0.5, 0.6) is 17.5 Å². The van der Waals surface area contributed by atoms with Crippen LogP contribution in [-0.4, -0.2) is 38.5 Å². The van der Waals surface area contributed by atoms with Gasteiger partial charge in [0, 0.05) is 44.0 Å². The lowest BCUT2D eigenvalue weighted by molar-refractivity contribution is 0.429. The first-order valence-electron chi connectivity index (χ1n) is 10.2. The molecule has 0 radical (unpaired) electrons. The lowest BCUT2D eigenvalue weighted by Gasteiger charge is -2.12. The maximum atomic E-state index is 10.8. The van der Waals surface area contributed by atoms with Gasteiger partial charge in [-0.25, -0.2) is 0 Å². The van der Waals surface area contributed by atoms with Crippen LogP contribution < -0.4 is 5.32 Å². The summed E-state index contributed by atoms with van der Waals surface area (Å²) in [6, 6.07) is 12.4. The first kappa shape index (κ1) is 20.8. The van der Waals surface area contributed by atoms with Crippen molar-refractivity contribution in [3.8, 4) is 28.6 Å². The number of aromatic nitrogens is 2. The number of rotatable bonds is 5. The summed E-state index contributed by atoms with van der Waals surface area (Å²) >= 11 is 13.1. The van der Waals surface area contributed by atoms with Crippen LogP contribution in [0.4, 0.5) is 0 Å². The number of hydrogen-bond acceptors (Lipinski definition) is 4. The third-order valence-electron chi connectivity index (χ3n) is 5.89. The summed E-state index contributed by atoms with van der Waals surface area (Å²) < 4.78 is 2.15. The van der Waals surface area contributed by atoms with Crippen LogP contribution in [0.1, 0.15) is 6.42 Å². The highest BCUT2D eigenvalue weighted by atomic mass is 35.5. The molecular weight excluding hydrogens is 449 g/mol. The average Bonchev–Trinajstić information content (AvgIpc) is 3.21. The molecule has 2 heterocycles. The molecule has 0 spiro atoms. The normalized spacial score (nSPS) is 11.8. The van der Waals surface area contributed by atoms with Crippen molar-refractivity contribution in [2.24, 2.45) is 0 Å². The van der Waals surface area contributed by atoms with Crippen LogP contribution >= 0.6 is 23.2 Å². The summed E-state index contributed by atoms with van der Waals surface area (Å²) in [5, 5.41) is 38.1. The number of phenolic OH excluding ortho intramolecular Hbond substituents is 1. The van der Waals surface area contributed by atoms with E-state index in [-0.39, 0.29) is 17.5 Å². The maximum Gasteiger partial charge on any atom is 0.200 e. The fourth-order valence-electron chi connectivity index (χ4n) is 4.57. The van der Waals surface area contributed by atoms with Crippen LogP contribution in [0.3, 0.4) is 0 Å². The van der Waals surface area contributed by atoms with E-state index in [0.717, 1.165) is 34.8 Å². The van der Waals surface area contributed by atoms with Crippen LogP contribution in [0.2, 0.25) is 10.0 Å². The van der Waals surface area contributed by atoms with Gasteiger partial charge in [-0.3, -0.25) is 4.98 Å². The molecule has 5 N–H and O–H groups in total. The molecule has 0 aliphatic carbocycles. The summed E-state index contributed by atoms with van der Waals surface area (Å²) in [4.78, 5) is 2.64. The molecule has 0 fully saturated rings. The second-order valence-corrected chi connectivity index (χ2v) is 8.61. The number of benzene rings is 3. The Kier molecular flexibility index (Phi) is 5.08. The predicted molar refractivity (Wildman–Crippen MR) is 130 cm³/mol. The van der Waals surface area contributed by atoms with E-state index in [0.29, 0.717) is 38.5 Å². The van der Waals surface area contributed by atoms with E-state index < -0.39 is 0 Å². The van der Waals surface area contributed by atoms with Crippen molar-refractivity contribution >= 4 is 55.8 Å². The van der Waals surface area contributed by atoms with Gasteiger partial charge in [0.05, 0.1) is 16.3 Å². The molecule has 0 bridgehead atoms. The highest BCUT2D eigenvalue weighted by Gasteiger charge is 2.24. The van der Waals surface area contributed by atoms with Gasteiger partial charge in [-0.15, -0.1) is 0 Å². The number of aromatic hydroxyl groups is 3. The Hall–Kier alpha value is -3.06. The lowest BCUT2D eigenvalue weighted by atomic mass is 9.96. The molecule has 5 aromatic rings. The Balaban J connectivity index is 1.99. The molecule has 0 aliphatic heterocycles. The number of phenols is 1. The molecule has 0 unspecified atom stereocenters. The van der Waals surface area contributed by atoms with Crippen LogP contribution in [-0.2, 0) is 6.54 Å². The third-order valence-corrected chi connectivity index (χ3v) is 6.52. The largest absolute Gasteiger partial charge is 0.508 e. The number of nitrogens with one attached hydrogen (secondary N) is 2. The van der Waals surface area contributed by atoms with Gasteiger partial charge in [0.2, 0.25) is 0 Å². The van der Waals surface area contributed by atoms with Gasteiger partial charge in [-0.2, -0.15) is 0 Å². The molecule has 2 aromatic heterocycles. The number of H-pyrrole nitrogens is 1. The molecule has 164 valence electrons. The minimum Gasteiger partial charge on any atom is -0.508 e. The van der Waals surface area contributed by atoms with Gasteiger partial charge in [0.25, 0.3) is 0 Å². The minimum atomic E-state index is -0.179. The Labute approximate surface area is 193 Å². The van der Waals surface area contributed by atoms with E-state index in [4.69, 9.17) is 23.2 Å². The summed E-state index contributed by atoms with van der Waals surface area (Å²) in [6.45, 7) is 1.55. The zero-order valence-corrected chi connectivity index (χ0v) is 18.7. The average molecular weight is 470 g/mol. The molecule has 0 saturated heterocycles. The zero-order valence-electron chi connectivity index (χ0n) is 17.2. The van der Waals surface area contributed by atoms with Gasteiger partial charge in [-0.1, -0.05) is 29.3 Å². The van der Waals surface area contributed by atoms with Crippen LogP contribution in [0.15, 0.2) is 42.5 Å². The van der Waals surface area contributed by atoms with Crippen molar-refractivity contribution in [1.29, 1.82) is 0 Å². The van der Waals surface area contributed by atoms with Crippen molar-refractivity contribution in [1.82, 2.24) is 14.9 Å². The first-order chi connectivity index (χ1) is 15.4. The molecule has 5 rings (SSSR count).